The fraction of sp³-hybridized carbons (Fsp3) is 0.357. The molecule has 0 unspecified atom stereocenters. The Morgan fingerprint density at radius 3 is 2.38 bits per heavy atom. The van der Waals surface area contributed by atoms with Crippen molar-refractivity contribution in [3.8, 4) is 0 Å². The fourth-order valence-corrected chi connectivity index (χ4v) is 2.94. The van der Waals surface area contributed by atoms with Crippen molar-refractivity contribution >= 4 is 22.0 Å². The van der Waals surface area contributed by atoms with Crippen LogP contribution in [0.3, 0.4) is 0 Å². The third kappa shape index (κ3) is 4.12. The molecule has 1 saturated heterocycles. The number of carbonyl (C=O) groups is 1. The highest BCUT2D eigenvalue weighted by molar-refractivity contribution is 7.88. The zero-order valence-electron chi connectivity index (χ0n) is 11.7. The highest BCUT2D eigenvalue weighted by Crippen LogP contribution is 2.10. The van der Waals surface area contributed by atoms with E-state index in [0.717, 1.165) is 6.26 Å². The molecule has 0 aromatic heterocycles. The van der Waals surface area contributed by atoms with Gasteiger partial charge in [0.2, 0.25) is 15.9 Å². The Balaban J connectivity index is 1.95. The van der Waals surface area contributed by atoms with Crippen LogP contribution in [0.15, 0.2) is 30.3 Å². The van der Waals surface area contributed by atoms with Crippen LogP contribution in [0.1, 0.15) is 5.56 Å². The standard InChI is InChI=1S/C14H17FN2O3S/c1-21(19,20)17-10-8-16(9-11-17)14(18)7-6-12-4-2-3-5-13(12)15/h2-7H,8-11H2,1H3/b7-6+. The van der Waals surface area contributed by atoms with Gasteiger partial charge in [0.1, 0.15) is 5.82 Å². The van der Waals surface area contributed by atoms with E-state index in [-0.39, 0.29) is 24.8 Å². The summed E-state index contributed by atoms with van der Waals surface area (Å²) in [5.41, 5.74) is 0.348. The lowest BCUT2D eigenvalue weighted by molar-refractivity contribution is -0.127. The number of halogens is 1. The summed E-state index contributed by atoms with van der Waals surface area (Å²) in [4.78, 5) is 13.5. The maximum absolute atomic E-state index is 13.4. The second-order valence-corrected chi connectivity index (χ2v) is 6.82. The molecule has 0 radical (unpaired) electrons. The first kappa shape index (κ1) is 15.7. The molecule has 1 aromatic rings. The Labute approximate surface area is 123 Å². The summed E-state index contributed by atoms with van der Waals surface area (Å²) < 4.78 is 37.5. The Bertz CT molecular complexity index is 650. The summed E-state index contributed by atoms with van der Waals surface area (Å²) in [6.45, 7) is 1.26. The molecule has 1 amide bonds. The van der Waals surface area contributed by atoms with E-state index in [1.54, 1.807) is 23.1 Å². The minimum absolute atomic E-state index is 0.244. The first-order valence-corrected chi connectivity index (χ1v) is 8.39. The fourth-order valence-electron chi connectivity index (χ4n) is 2.12. The van der Waals surface area contributed by atoms with Crippen LogP contribution in [0.5, 0.6) is 0 Å². The molecular formula is C14H17FN2O3S. The number of carbonyl (C=O) groups excluding carboxylic acids is 1. The van der Waals surface area contributed by atoms with E-state index in [1.807, 2.05) is 0 Å². The quantitative estimate of drug-likeness (QED) is 0.781. The van der Waals surface area contributed by atoms with Crippen LogP contribution in [0.25, 0.3) is 6.08 Å². The van der Waals surface area contributed by atoms with Gasteiger partial charge in [0.05, 0.1) is 6.26 Å². The van der Waals surface area contributed by atoms with Crippen molar-refractivity contribution in [2.24, 2.45) is 0 Å². The van der Waals surface area contributed by atoms with Gasteiger partial charge in [-0.25, -0.2) is 12.8 Å². The molecule has 2 rings (SSSR count). The Hall–Kier alpha value is -1.73. The number of piperazine rings is 1. The van der Waals surface area contributed by atoms with Gasteiger partial charge in [-0.3, -0.25) is 4.79 Å². The van der Waals surface area contributed by atoms with Crippen molar-refractivity contribution in [2.45, 2.75) is 0 Å². The normalized spacial score (nSPS) is 17.3. The summed E-state index contributed by atoms with van der Waals surface area (Å²) in [5.74, 6) is -0.630. The molecular weight excluding hydrogens is 295 g/mol. The van der Waals surface area contributed by atoms with E-state index in [1.165, 1.54) is 22.5 Å². The number of nitrogens with zero attached hydrogens (tertiary/aromatic N) is 2. The lowest BCUT2D eigenvalue weighted by atomic mass is 10.2. The molecule has 0 saturated carbocycles. The van der Waals surface area contributed by atoms with Crippen LogP contribution in [-0.2, 0) is 14.8 Å². The highest BCUT2D eigenvalue weighted by Gasteiger charge is 2.24. The molecule has 1 aliphatic heterocycles. The zero-order chi connectivity index (χ0) is 15.5. The van der Waals surface area contributed by atoms with Crippen molar-refractivity contribution in [3.05, 3.63) is 41.7 Å². The van der Waals surface area contributed by atoms with Crippen LogP contribution in [0.2, 0.25) is 0 Å². The summed E-state index contributed by atoms with van der Waals surface area (Å²) in [7, 11) is -3.21. The molecule has 0 bridgehead atoms. The van der Waals surface area contributed by atoms with E-state index < -0.39 is 10.0 Å². The number of rotatable bonds is 3. The number of amides is 1. The van der Waals surface area contributed by atoms with E-state index in [0.29, 0.717) is 18.7 Å². The number of sulfonamides is 1. The van der Waals surface area contributed by atoms with Gasteiger partial charge in [-0.05, 0) is 12.1 Å². The van der Waals surface area contributed by atoms with E-state index in [2.05, 4.69) is 0 Å². The van der Waals surface area contributed by atoms with Gasteiger partial charge < -0.3 is 4.90 Å². The van der Waals surface area contributed by atoms with E-state index in [9.17, 15) is 17.6 Å². The van der Waals surface area contributed by atoms with Gasteiger partial charge in [0.15, 0.2) is 0 Å². The Morgan fingerprint density at radius 1 is 1.19 bits per heavy atom. The second-order valence-electron chi connectivity index (χ2n) is 4.84. The molecule has 1 aromatic carbocycles. The molecule has 7 heteroatoms. The lowest BCUT2D eigenvalue weighted by Gasteiger charge is -2.32. The molecule has 21 heavy (non-hydrogen) atoms. The van der Waals surface area contributed by atoms with Gasteiger partial charge in [-0.1, -0.05) is 18.2 Å². The summed E-state index contributed by atoms with van der Waals surface area (Å²) >= 11 is 0. The highest BCUT2D eigenvalue weighted by atomic mass is 32.2. The first-order chi connectivity index (χ1) is 9.88. The van der Waals surface area contributed by atoms with Crippen molar-refractivity contribution in [1.82, 2.24) is 9.21 Å². The molecule has 0 N–H and O–H groups in total. The number of benzene rings is 1. The summed E-state index contributed by atoms with van der Waals surface area (Å²) in [5, 5.41) is 0. The van der Waals surface area contributed by atoms with Gasteiger partial charge in [0, 0.05) is 37.8 Å². The Morgan fingerprint density at radius 2 is 1.81 bits per heavy atom. The SMILES string of the molecule is CS(=O)(=O)N1CCN(C(=O)/C=C/c2ccccc2F)CC1. The third-order valence-electron chi connectivity index (χ3n) is 3.33. The van der Waals surface area contributed by atoms with Crippen molar-refractivity contribution in [3.63, 3.8) is 0 Å². The van der Waals surface area contributed by atoms with Gasteiger partial charge in [-0.2, -0.15) is 4.31 Å². The van der Waals surface area contributed by atoms with Crippen LogP contribution < -0.4 is 0 Å². The maximum atomic E-state index is 13.4. The number of hydrogen-bond acceptors (Lipinski definition) is 3. The molecule has 0 aliphatic carbocycles. The average Bonchev–Trinajstić information content (AvgIpc) is 2.45. The van der Waals surface area contributed by atoms with Gasteiger partial charge >= 0.3 is 0 Å². The lowest BCUT2D eigenvalue weighted by Crippen LogP contribution is -2.49. The molecule has 1 fully saturated rings. The van der Waals surface area contributed by atoms with Crippen LogP contribution >= 0.6 is 0 Å². The molecule has 1 heterocycles. The Kier molecular flexibility index (Phi) is 4.74. The van der Waals surface area contributed by atoms with Gasteiger partial charge in [-0.15, -0.1) is 0 Å². The van der Waals surface area contributed by atoms with Crippen molar-refractivity contribution in [1.29, 1.82) is 0 Å². The van der Waals surface area contributed by atoms with Crippen LogP contribution in [0.4, 0.5) is 4.39 Å². The predicted molar refractivity (Wildman–Crippen MR) is 78.4 cm³/mol. The molecule has 0 atom stereocenters. The summed E-state index contributed by atoms with van der Waals surface area (Å²) in [6, 6.07) is 6.19. The minimum Gasteiger partial charge on any atom is -0.337 e. The van der Waals surface area contributed by atoms with Crippen LogP contribution in [0, 0.1) is 5.82 Å². The van der Waals surface area contributed by atoms with E-state index in [4.69, 9.17) is 0 Å². The first-order valence-electron chi connectivity index (χ1n) is 6.54. The third-order valence-corrected chi connectivity index (χ3v) is 4.63. The summed E-state index contributed by atoms with van der Waals surface area (Å²) in [6.07, 6.45) is 3.90. The topological polar surface area (TPSA) is 57.7 Å². The van der Waals surface area contributed by atoms with Crippen LogP contribution in [-0.4, -0.2) is 56.0 Å². The smallest absolute Gasteiger partial charge is 0.246 e. The molecule has 0 spiro atoms. The van der Waals surface area contributed by atoms with Crippen molar-refractivity contribution < 1.29 is 17.6 Å². The molecule has 1 aliphatic rings. The average molecular weight is 312 g/mol. The monoisotopic (exact) mass is 312 g/mol. The van der Waals surface area contributed by atoms with Crippen molar-refractivity contribution in [2.75, 3.05) is 32.4 Å². The number of hydrogen-bond donors (Lipinski definition) is 0. The minimum atomic E-state index is -3.21. The largest absolute Gasteiger partial charge is 0.337 e. The second kappa shape index (κ2) is 6.36. The zero-order valence-corrected chi connectivity index (χ0v) is 12.5. The predicted octanol–water partition coefficient (Wildman–Crippen LogP) is 0.943. The molecule has 114 valence electrons. The van der Waals surface area contributed by atoms with Gasteiger partial charge in [0.25, 0.3) is 0 Å². The van der Waals surface area contributed by atoms with E-state index >= 15 is 0 Å². The maximum Gasteiger partial charge on any atom is 0.246 e. The molecule has 5 nitrogen and oxygen atoms in total.